The summed E-state index contributed by atoms with van der Waals surface area (Å²) in [6, 6.07) is 11.4. The van der Waals surface area contributed by atoms with Gasteiger partial charge in [-0.3, -0.25) is 5.14 Å². The zero-order valence-electron chi connectivity index (χ0n) is 17.5. The first-order valence-corrected chi connectivity index (χ1v) is 10.6. The average Bonchev–Trinajstić information content (AvgIpc) is 2.65. The zero-order chi connectivity index (χ0) is 25.1. The maximum atomic E-state index is 12.8. The lowest BCUT2D eigenvalue weighted by Crippen LogP contribution is -2.42. The van der Waals surface area contributed by atoms with Crippen molar-refractivity contribution < 1.29 is 40.0 Å². The van der Waals surface area contributed by atoms with Crippen LogP contribution in [0.4, 0.5) is 26.3 Å². The molecule has 2 aromatic carbocycles. The van der Waals surface area contributed by atoms with E-state index in [0.717, 1.165) is 24.3 Å². The highest BCUT2D eigenvalue weighted by atomic mass is 32.2. The van der Waals surface area contributed by atoms with E-state index in [4.69, 9.17) is 5.14 Å². The highest BCUT2D eigenvalue weighted by Crippen LogP contribution is 2.45. The fraction of sp³-hybridized carbons (Fsp3) is 0.381. The van der Waals surface area contributed by atoms with E-state index in [-0.39, 0.29) is 24.0 Å². The van der Waals surface area contributed by atoms with Gasteiger partial charge in [0.15, 0.2) is 0 Å². The summed E-state index contributed by atoms with van der Waals surface area (Å²) >= 11 is 0. The van der Waals surface area contributed by atoms with Crippen molar-refractivity contribution in [3.05, 3.63) is 59.7 Å². The molecule has 12 heteroatoms. The Morgan fingerprint density at radius 2 is 1.33 bits per heavy atom. The molecule has 0 heterocycles. The summed E-state index contributed by atoms with van der Waals surface area (Å²) in [4.78, 5) is 0. The standard InChI is InChI=1S/C21H20F6N2O3S/c1-18(2,33(29)30)13-19(9-10-28,14-5-3-7-16(11-14)31-20(22,23)24)15-6-4-8-17(12-15)32-21(25,26)27/h3-8,11-12H,9,13,29H2,1-2H3. The van der Waals surface area contributed by atoms with Gasteiger partial charge in [-0.2, -0.15) is 5.26 Å². The van der Waals surface area contributed by atoms with Crippen molar-refractivity contribution in [2.45, 2.75) is 49.6 Å². The van der Waals surface area contributed by atoms with Gasteiger partial charge in [0.2, 0.25) is 0 Å². The third kappa shape index (κ3) is 7.10. The minimum absolute atomic E-state index is 0.133. The first kappa shape index (κ1) is 26.5. The van der Waals surface area contributed by atoms with Crippen molar-refractivity contribution in [1.29, 1.82) is 5.26 Å². The number of nitrogens with zero attached hydrogens (tertiary/aromatic N) is 1. The first-order valence-electron chi connectivity index (χ1n) is 9.34. The third-order valence-electron chi connectivity index (χ3n) is 4.89. The summed E-state index contributed by atoms with van der Waals surface area (Å²) in [7, 11) is -1.95. The van der Waals surface area contributed by atoms with Gasteiger partial charge in [0.05, 0.1) is 21.8 Å². The Morgan fingerprint density at radius 3 is 1.67 bits per heavy atom. The maximum Gasteiger partial charge on any atom is 0.573 e. The van der Waals surface area contributed by atoms with E-state index in [9.17, 15) is 35.8 Å². The molecule has 0 aliphatic rings. The predicted molar refractivity (Wildman–Crippen MR) is 108 cm³/mol. The summed E-state index contributed by atoms with van der Waals surface area (Å²) in [5, 5.41) is 15.2. The van der Waals surface area contributed by atoms with Crippen LogP contribution in [-0.4, -0.2) is 21.7 Å². The number of hydrogen-bond acceptors (Lipinski definition) is 4. The maximum absolute atomic E-state index is 12.8. The second-order valence-corrected chi connectivity index (χ2v) is 9.50. The van der Waals surface area contributed by atoms with Crippen molar-refractivity contribution in [2.24, 2.45) is 5.14 Å². The number of nitrogens with two attached hydrogens (primary N) is 1. The van der Waals surface area contributed by atoms with Crippen LogP contribution < -0.4 is 14.6 Å². The molecule has 0 bridgehead atoms. The fourth-order valence-corrected chi connectivity index (χ4v) is 3.94. The van der Waals surface area contributed by atoms with E-state index in [2.05, 4.69) is 9.47 Å². The Kier molecular flexibility index (Phi) is 7.71. The van der Waals surface area contributed by atoms with Gasteiger partial charge >= 0.3 is 12.7 Å². The Morgan fingerprint density at radius 1 is 0.909 bits per heavy atom. The molecule has 180 valence electrons. The summed E-state index contributed by atoms with van der Waals surface area (Å²) < 4.78 is 95.6. The third-order valence-corrected chi connectivity index (χ3v) is 6.13. The van der Waals surface area contributed by atoms with Crippen LogP contribution in [-0.2, 0) is 16.4 Å². The van der Waals surface area contributed by atoms with Crippen LogP contribution >= 0.6 is 0 Å². The summed E-state index contributed by atoms with van der Waals surface area (Å²) in [6.45, 7) is 3.03. The molecule has 2 aromatic rings. The van der Waals surface area contributed by atoms with Gasteiger partial charge in [-0.1, -0.05) is 24.3 Å². The first-order chi connectivity index (χ1) is 15.1. The number of rotatable bonds is 8. The van der Waals surface area contributed by atoms with Crippen LogP contribution in [0.3, 0.4) is 0 Å². The van der Waals surface area contributed by atoms with E-state index in [1.165, 1.54) is 38.1 Å². The number of alkyl halides is 6. The van der Waals surface area contributed by atoms with Crippen molar-refractivity contribution in [3.8, 4) is 17.6 Å². The molecule has 0 aliphatic heterocycles. The topological polar surface area (TPSA) is 85.3 Å². The van der Waals surface area contributed by atoms with E-state index in [1.807, 2.05) is 6.07 Å². The molecule has 1 atom stereocenters. The van der Waals surface area contributed by atoms with Gasteiger partial charge in [0.25, 0.3) is 0 Å². The average molecular weight is 494 g/mol. The van der Waals surface area contributed by atoms with Crippen LogP contribution in [0.5, 0.6) is 11.5 Å². The van der Waals surface area contributed by atoms with E-state index in [0.29, 0.717) is 0 Å². The van der Waals surface area contributed by atoms with Crippen molar-refractivity contribution >= 4 is 11.0 Å². The highest BCUT2D eigenvalue weighted by Gasteiger charge is 2.43. The number of benzene rings is 2. The van der Waals surface area contributed by atoms with Crippen LogP contribution in [0.25, 0.3) is 0 Å². The fourth-order valence-electron chi connectivity index (χ4n) is 3.55. The van der Waals surface area contributed by atoms with Gasteiger partial charge in [-0.15, -0.1) is 26.3 Å². The van der Waals surface area contributed by atoms with Gasteiger partial charge < -0.3 is 9.47 Å². The molecule has 1 unspecified atom stereocenters. The molecular formula is C21H20F6N2O3S. The lowest BCUT2D eigenvalue weighted by molar-refractivity contribution is -0.275. The Balaban J connectivity index is 2.76. The second-order valence-electron chi connectivity index (χ2n) is 7.80. The highest BCUT2D eigenvalue weighted by molar-refractivity contribution is 7.84. The van der Waals surface area contributed by atoms with Crippen molar-refractivity contribution in [2.75, 3.05) is 0 Å². The monoisotopic (exact) mass is 494 g/mol. The molecule has 0 saturated carbocycles. The van der Waals surface area contributed by atoms with Crippen LogP contribution in [0, 0.1) is 11.3 Å². The summed E-state index contributed by atoms with van der Waals surface area (Å²) in [6.07, 6.45) is -10.5. The Labute approximate surface area is 188 Å². The van der Waals surface area contributed by atoms with Gasteiger partial charge in [-0.25, -0.2) is 4.21 Å². The SMILES string of the molecule is CC(C)(CC(CC#N)(c1cccc(OC(F)(F)F)c1)c1cccc(OC(F)(F)F)c1)S(N)=O. The lowest BCUT2D eigenvalue weighted by atomic mass is 9.67. The molecule has 0 spiro atoms. The number of nitriles is 1. The van der Waals surface area contributed by atoms with E-state index < -0.39 is 45.4 Å². The molecule has 5 nitrogen and oxygen atoms in total. The molecule has 0 radical (unpaired) electrons. The van der Waals surface area contributed by atoms with E-state index >= 15 is 0 Å². The smallest absolute Gasteiger partial charge is 0.406 e. The molecule has 0 aromatic heterocycles. The molecular weight excluding hydrogens is 474 g/mol. The summed E-state index contributed by atoms with van der Waals surface area (Å²) in [5.41, 5.74) is -1.23. The van der Waals surface area contributed by atoms with Gasteiger partial charge in [0.1, 0.15) is 11.5 Å². The normalized spacial score (nSPS) is 13.8. The Bertz CT molecular complexity index is 988. The number of hydrogen-bond donors (Lipinski definition) is 1. The van der Waals surface area contributed by atoms with E-state index in [1.54, 1.807) is 0 Å². The molecule has 0 amide bonds. The minimum atomic E-state index is -4.99. The Hall–Kier alpha value is -2.78. The quantitative estimate of drug-likeness (QED) is 0.493. The van der Waals surface area contributed by atoms with Gasteiger partial charge in [0, 0.05) is 11.8 Å². The van der Waals surface area contributed by atoms with Crippen molar-refractivity contribution in [3.63, 3.8) is 0 Å². The molecule has 0 saturated heterocycles. The molecule has 0 aliphatic carbocycles. The number of ether oxygens (including phenoxy) is 2. The second kappa shape index (κ2) is 9.61. The molecule has 0 fully saturated rings. The van der Waals surface area contributed by atoms with Crippen LogP contribution in [0.1, 0.15) is 37.8 Å². The number of halogens is 6. The molecule has 33 heavy (non-hydrogen) atoms. The van der Waals surface area contributed by atoms with Crippen molar-refractivity contribution in [1.82, 2.24) is 0 Å². The lowest BCUT2D eigenvalue weighted by Gasteiger charge is -2.39. The predicted octanol–water partition coefficient (Wildman–Crippen LogP) is 5.47. The zero-order valence-corrected chi connectivity index (χ0v) is 18.3. The van der Waals surface area contributed by atoms with Crippen LogP contribution in [0.15, 0.2) is 48.5 Å². The summed E-state index contributed by atoms with van der Waals surface area (Å²) in [5.74, 6) is -1.17. The minimum Gasteiger partial charge on any atom is -0.406 e. The molecule has 2 rings (SSSR count). The largest absolute Gasteiger partial charge is 0.573 e. The van der Waals surface area contributed by atoms with Crippen LogP contribution in [0.2, 0.25) is 0 Å². The van der Waals surface area contributed by atoms with Gasteiger partial charge in [-0.05, 0) is 55.7 Å². The molecule has 2 N–H and O–H groups in total.